The summed E-state index contributed by atoms with van der Waals surface area (Å²) in [5.74, 6) is -1.90. The number of amidine groups is 1. The highest BCUT2D eigenvalue weighted by Gasteiger charge is 2.38. The van der Waals surface area contributed by atoms with E-state index in [1.165, 1.54) is 24.3 Å². The number of alkyl halides is 3. The Morgan fingerprint density at radius 3 is 2.40 bits per heavy atom. The molecule has 0 amide bonds. The number of rotatable bonds is 2. The van der Waals surface area contributed by atoms with Crippen molar-refractivity contribution in [2.45, 2.75) is 6.18 Å². The zero-order valence-electron chi connectivity index (χ0n) is 9.59. The number of oxime groups is 1. The maximum Gasteiger partial charge on any atom is 0.471 e. The minimum absolute atomic E-state index is 0.228. The minimum atomic E-state index is -4.70. The van der Waals surface area contributed by atoms with E-state index in [1.807, 2.05) is 0 Å². The van der Waals surface area contributed by atoms with E-state index in [2.05, 4.69) is 24.7 Å². The third kappa shape index (κ3) is 2.59. The third-order valence-electron chi connectivity index (χ3n) is 2.27. The zero-order valence-corrected chi connectivity index (χ0v) is 9.59. The monoisotopic (exact) mass is 282 g/mol. The van der Waals surface area contributed by atoms with Crippen molar-refractivity contribution < 1.29 is 22.9 Å². The van der Waals surface area contributed by atoms with Crippen LogP contribution in [0.5, 0.6) is 0 Å². The molecule has 0 aliphatic rings. The summed E-state index contributed by atoms with van der Waals surface area (Å²) in [6, 6.07) is 5.56. The molecular formula is C11H5F3N4O2. The highest BCUT2D eigenvalue weighted by molar-refractivity contribution is 6.05. The predicted molar refractivity (Wildman–Crippen MR) is 59.7 cm³/mol. The van der Waals surface area contributed by atoms with Crippen LogP contribution in [0, 0.1) is 6.57 Å². The average Bonchev–Trinajstić information content (AvgIpc) is 2.90. The number of nitrogens with zero attached hydrogens (tertiary/aromatic N) is 4. The molecule has 6 nitrogen and oxygen atoms in total. The van der Waals surface area contributed by atoms with E-state index >= 15 is 0 Å². The van der Waals surface area contributed by atoms with Crippen LogP contribution in [0.25, 0.3) is 16.2 Å². The second-order valence-corrected chi connectivity index (χ2v) is 3.53. The molecule has 0 saturated heterocycles. The predicted octanol–water partition coefficient (Wildman–Crippen LogP) is 2.81. The maximum absolute atomic E-state index is 12.3. The van der Waals surface area contributed by atoms with Gasteiger partial charge in [-0.15, -0.1) is 0 Å². The van der Waals surface area contributed by atoms with Crippen LogP contribution in [0.4, 0.5) is 13.2 Å². The Bertz CT molecular complexity index is 683. The van der Waals surface area contributed by atoms with Crippen LogP contribution in [-0.4, -0.2) is 21.2 Å². The van der Waals surface area contributed by atoms with E-state index in [4.69, 9.17) is 11.8 Å². The first-order valence-electron chi connectivity index (χ1n) is 5.07. The van der Waals surface area contributed by atoms with Gasteiger partial charge in [-0.25, -0.2) is 0 Å². The zero-order chi connectivity index (χ0) is 14.8. The number of hydrogen-bond acceptors (Lipinski definition) is 5. The number of aromatic nitrogens is 2. The summed E-state index contributed by atoms with van der Waals surface area (Å²) in [7, 11) is 0. The lowest BCUT2D eigenvalue weighted by atomic mass is 10.1. The Hall–Kier alpha value is -2.89. The van der Waals surface area contributed by atoms with E-state index < -0.39 is 12.1 Å². The normalized spacial score (nSPS) is 12.2. The molecule has 2 rings (SSSR count). The SMILES string of the molecule is [C-]#[N+]C(=NO)c1ccc(-c2noc(C(F)(F)F)n2)cc1. The van der Waals surface area contributed by atoms with E-state index in [0.29, 0.717) is 5.56 Å². The molecule has 1 N–H and O–H groups in total. The second-order valence-electron chi connectivity index (χ2n) is 3.53. The number of hydrogen-bond donors (Lipinski definition) is 1. The Balaban J connectivity index is 2.32. The van der Waals surface area contributed by atoms with Crippen molar-refractivity contribution in [2.24, 2.45) is 5.16 Å². The van der Waals surface area contributed by atoms with E-state index in [0.717, 1.165) is 0 Å². The molecule has 0 unspecified atom stereocenters. The van der Waals surface area contributed by atoms with Gasteiger partial charge in [-0.05, 0) is 0 Å². The average molecular weight is 282 g/mol. The van der Waals surface area contributed by atoms with Gasteiger partial charge in [0.25, 0.3) is 0 Å². The largest absolute Gasteiger partial charge is 0.471 e. The molecule has 0 fully saturated rings. The first kappa shape index (κ1) is 13.5. The van der Waals surface area contributed by atoms with Crippen molar-refractivity contribution in [2.75, 3.05) is 0 Å². The van der Waals surface area contributed by atoms with Crippen molar-refractivity contribution >= 4 is 5.84 Å². The lowest BCUT2D eigenvalue weighted by Gasteiger charge is -1.98. The molecule has 0 atom stereocenters. The van der Waals surface area contributed by atoms with Gasteiger partial charge >= 0.3 is 17.9 Å². The van der Waals surface area contributed by atoms with Crippen LogP contribution in [0.2, 0.25) is 0 Å². The summed E-state index contributed by atoms with van der Waals surface area (Å²) < 4.78 is 41.0. The first-order chi connectivity index (χ1) is 9.45. The van der Waals surface area contributed by atoms with Crippen molar-refractivity contribution in [1.29, 1.82) is 0 Å². The standard InChI is InChI=1S/C11H5F3N4O2/c1-15-8(17-19)6-2-4-7(5-3-6)9-16-10(20-18-9)11(12,13)14/h2-5,19H. The molecule has 0 aliphatic carbocycles. The number of benzene rings is 1. The lowest BCUT2D eigenvalue weighted by molar-refractivity contribution is -0.159. The van der Waals surface area contributed by atoms with Crippen LogP contribution < -0.4 is 0 Å². The van der Waals surface area contributed by atoms with Crippen molar-refractivity contribution in [3.63, 3.8) is 0 Å². The van der Waals surface area contributed by atoms with Crippen LogP contribution >= 0.6 is 0 Å². The van der Waals surface area contributed by atoms with Crippen LogP contribution in [0.15, 0.2) is 33.9 Å². The summed E-state index contributed by atoms with van der Waals surface area (Å²) in [5, 5.41) is 14.6. The maximum atomic E-state index is 12.3. The summed E-state index contributed by atoms with van der Waals surface area (Å²) in [4.78, 5) is 6.19. The second kappa shape index (κ2) is 5.00. The van der Waals surface area contributed by atoms with E-state index in [9.17, 15) is 13.2 Å². The lowest BCUT2D eigenvalue weighted by Crippen LogP contribution is -2.04. The van der Waals surface area contributed by atoms with Gasteiger partial charge in [-0.2, -0.15) is 18.2 Å². The highest BCUT2D eigenvalue weighted by atomic mass is 19.4. The van der Waals surface area contributed by atoms with Crippen molar-refractivity contribution in [3.8, 4) is 11.4 Å². The molecular weight excluding hydrogens is 277 g/mol. The van der Waals surface area contributed by atoms with Crippen LogP contribution in [0.3, 0.4) is 0 Å². The molecule has 0 saturated carbocycles. The minimum Gasteiger partial charge on any atom is -0.357 e. The molecule has 0 spiro atoms. The van der Waals surface area contributed by atoms with Gasteiger partial charge in [0.05, 0.1) is 5.16 Å². The van der Waals surface area contributed by atoms with Crippen molar-refractivity contribution in [3.05, 3.63) is 47.1 Å². The third-order valence-corrected chi connectivity index (χ3v) is 2.27. The Morgan fingerprint density at radius 1 is 1.30 bits per heavy atom. The van der Waals surface area contributed by atoms with Gasteiger partial charge in [0.2, 0.25) is 5.82 Å². The molecule has 1 aromatic heterocycles. The highest BCUT2D eigenvalue weighted by Crippen LogP contribution is 2.29. The molecule has 1 aromatic carbocycles. The topological polar surface area (TPSA) is 75.9 Å². The fourth-order valence-corrected chi connectivity index (χ4v) is 1.37. The first-order valence-corrected chi connectivity index (χ1v) is 5.07. The van der Waals surface area contributed by atoms with Crippen molar-refractivity contribution in [1.82, 2.24) is 10.1 Å². The summed E-state index contributed by atoms with van der Waals surface area (Å²) in [6.07, 6.45) is -4.70. The van der Waals surface area contributed by atoms with Gasteiger partial charge in [0, 0.05) is 11.1 Å². The van der Waals surface area contributed by atoms with Gasteiger partial charge in [-0.1, -0.05) is 36.0 Å². The smallest absolute Gasteiger partial charge is 0.357 e. The van der Waals surface area contributed by atoms with Gasteiger partial charge in [0.1, 0.15) is 0 Å². The Labute approximate surface area is 110 Å². The van der Waals surface area contributed by atoms with Gasteiger partial charge in [-0.3, -0.25) is 0 Å². The number of halogens is 3. The van der Waals surface area contributed by atoms with Crippen LogP contribution in [-0.2, 0) is 6.18 Å². The fourth-order valence-electron chi connectivity index (χ4n) is 1.37. The Morgan fingerprint density at radius 2 is 1.95 bits per heavy atom. The fraction of sp³-hybridized carbons (Fsp3) is 0.0909. The molecule has 20 heavy (non-hydrogen) atoms. The summed E-state index contributed by atoms with van der Waals surface area (Å²) in [5.41, 5.74) is 0.584. The van der Waals surface area contributed by atoms with E-state index in [1.54, 1.807) is 0 Å². The quantitative estimate of drug-likeness (QED) is 0.302. The summed E-state index contributed by atoms with van der Waals surface area (Å²) >= 11 is 0. The Kier molecular flexibility index (Phi) is 3.39. The van der Waals surface area contributed by atoms with Gasteiger partial charge < -0.3 is 14.6 Å². The molecule has 0 radical (unpaired) electrons. The van der Waals surface area contributed by atoms with Crippen LogP contribution in [0.1, 0.15) is 11.5 Å². The van der Waals surface area contributed by atoms with Gasteiger partial charge in [0.15, 0.2) is 0 Å². The molecule has 0 bridgehead atoms. The van der Waals surface area contributed by atoms with E-state index in [-0.39, 0.29) is 17.2 Å². The summed E-state index contributed by atoms with van der Waals surface area (Å²) in [6.45, 7) is 6.76. The molecule has 1 heterocycles. The molecule has 102 valence electrons. The molecule has 0 aliphatic heterocycles. The molecule has 9 heteroatoms. The molecule has 2 aromatic rings.